The van der Waals surface area contributed by atoms with Gasteiger partial charge in [0.15, 0.2) is 0 Å². The number of aldehydes is 1. The highest BCUT2D eigenvalue weighted by molar-refractivity contribution is 5.75. The van der Waals surface area contributed by atoms with Crippen molar-refractivity contribution in [3.05, 3.63) is 0 Å². The Morgan fingerprint density at radius 2 is 1.92 bits per heavy atom. The van der Waals surface area contributed by atoms with E-state index < -0.39 is 23.8 Å². The van der Waals surface area contributed by atoms with E-state index in [2.05, 4.69) is 0 Å². The molecule has 0 rings (SSSR count). The summed E-state index contributed by atoms with van der Waals surface area (Å²) < 4.78 is 0. The van der Waals surface area contributed by atoms with Crippen LogP contribution in [-0.4, -0.2) is 28.4 Å². The van der Waals surface area contributed by atoms with Gasteiger partial charge in [-0.3, -0.25) is 9.59 Å². The molecule has 0 amide bonds. The zero-order valence-corrected chi connectivity index (χ0v) is 7.27. The highest BCUT2D eigenvalue weighted by Crippen LogP contribution is 2.16. The molecule has 2 N–H and O–H groups in total. The van der Waals surface area contributed by atoms with Crippen molar-refractivity contribution >= 4 is 18.2 Å². The van der Waals surface area contributed by atoms with Crippen molar-refractivity contribution in [2.75, 3.05) is 0 Å². The molecule has 0 heterocycles. The van der Waals surface area contributed by atoms with Crippen molar-refractivity contribution < 1.29 is 24.6 Å². The maximum atomic E-state index is 10.6. The summed E-state index contributed by atoms with van der Waals surface area (Å²) in [5.74, 6) is -3.71. The van der Waals surface area contributed by atoms with Crippen LogP contribution in [0.25, 0.3) is 0 Å². The third kappa shape index (κ3) is 4.25. The zero-order chi connectivity index (χ0) is 10.4. The maximum absolute atomic E-state index is 10.6. The van der Waals surface area contributed by atoms with Crippen LogP contribution in [-0.2, 0) is 14.4 Å². The number of rotatable bonds is 6. The first-order chi connectivity index (χ1) is 5.99. The van der Waals surface area contributed by atoms with Crippen molar-refractivity contribution in [1.82, 2.24) is 0 Å². The number of aliphatic carboxylic acids is 2. The molecule has 0 aromatic carbocycles. The molecule has 5 heteroatoms. The molecule has 0 aliphatic rings. The molecule has 0 bridgehead atoms. The molecule has 0 aromatic rings. The Labute approximate surface area is 75.4 Å². The van der Waals surface area contributed by atoms with Crippen LogP contribution in [0.3, 0.4) is 0 Å². The molecule has 0 aliphatic heterocycles. The predicted octanol–water partition coefficient (Wildman–Crippen LogP) is 0.387. The summed E-state index contributed by atoms with van der Waals surface area (Å²) in [6, 6.07) is 0. The van der Waals surface area contributed by atoms with Gasteiger partial charge in [-0.25, -0.2) is 0 Å². The lowest BCUT2D eigenvalue weighted by Crippen LogP contribution is -2.23. The van der Waals surface area contributed by atoms with Crippen LogP contribution in [0.15, 0.2) is 0 Å². The smallest absolute Gasteiger partial charge is 0.307 e. The zero-order valence-electron chi connectivity index (χ0n) is 7.27. The van der Waals surface area contributed by atoms with Crippen LogP contribution < -0.4 is 0 Å². The second kappa shape index (κ2) is 5.29. The quantitative estimate of drug-likeness (QED) is 0.588. The van der Waals surface area contributed by atoms with E-state index in [1.807, 2.05) is 0 Å². The van der Waals surface area contributed by atoms with E-state index in [9.17, 15) is 14.4 Å². The maximum Gasteiger partial charge on any atom is 0.307 e. The minimum atomic E-state index is -1.12. The molecule has 0 aliphatic carbocycles. The topological polar surface area (TPSA) is 91.7 Å². The minimum Gasteiger partial charge on any atom is -0.481 e. The summed E-state index contributed by atoms with van der Waals surface area (Å²) in [6.07, 6.45) is 0.292. The number of carbonyl (C=O) groups is 3. The van der Waals surface area contributed by atoms with E-state index in [1.165, 1.54) is 6.92 Å². The highest BCUT2D eigenvalue weighted by atomic mass is 16.4. The van der Waals surface area contributed by atoms with Gasteiger partial charge in [-0.05, 0) is 6.42 Å². The van der Waals surface area contributed by atoms with Gasteiger partial charge in [-0.2, -0.15) is 0 Å². The lowest BCUT2D eigenvalue weighted by molar-refractivity contribution is -0.146. The number of hydrogen-bond donors (Lipinski definition) is 2. The number of carboxylic acids is 2. The SMILES string of the molecule is CC(C=O)C(CCC(=O)O)C(=O)O. The average molecular weight is 188 g/mol. The fraction of sp³-hybridized carbons (Fsp3) is 0.625. The molecule has 0 fully saturated rings. The van der Waals surface area contributed by atoms with Crippen LogP contribution in [0.2, 0.25) is 0 Å². The van der Waals surface area contributed by atoms with Crippen molar-refractivity contribution in [3.8, 4) is 0 Å². The molecule has 74 valence electrons. The van der Waals surface area contributed by atoms with Gasteiger partial charge in [0.2, 0.25) is 0 Å². The Morgan fingerprint density at radius 1 is 1.38 bits per heavy atom. The highest BCUT2D eigenvalue weighted by Gasteiger charge is 2.24. The third-order valence-corrected chi connectivity index (χ3v) is 1.84. The number of hydrogen-bond acceptors (Lipinski definition) is 3. The summed E-state index contributed by atoms with van der Waals surface area (Å²) in [4.78, 5) is 31.0. The molecular formula is C8H12O5. The number of carboxylic acid groups (broad SMARTS) is 2. The molecule has 0 spiro atoms. The Bertz CT molecular complexity index is 211. The Balaban J connectivity index is 4.18. The van der Waals surface area contributed by atoms with E-state index >= 15 is 0 Å². The summed E-state index contributed by atoms with van der Waals surface area (Å²) in [5.41, 5.74) is 0. The minimum absolute atomic E-state index is 0.00935. The van der Waals surface area contributed by atoms with E-state index in [0.717, 1.165) is 0 Å². The molecular weight excluding hydrogens is 176 g/mol. The molecule has 0 saturated heterocycles. The van der Waals surface area contributed by atoms with Gasteiger partial charge in [0.25, 0.3) is 0 Å². The first-order valence-electron chi connectivity index (χ1n) is 3.89. The van der Waals surface area contributed by atoms with Crippen molar-refractivity contribution in [2.45, 2.75) is 19.8 Å². The third-order valence-electron chi connectivity index (χ3n) is 1.84. The Morgan fingerprint density at radius 3 is 2.23 bits per heavy atom. The van der Waals surface area contributed by atoms with E-state index in [4.69, 9.17) is 10.2 Å². The normalized spacial score (nSPS) is 14.5. The van der Waals surface area contributed by atoms with Gasteiger partial charge in [-0.15, -0.1) is 0 Å². The largest absolute Gasteiger partial charge is 0.481 e. The molecule has 0 radical (unpaired) electrons. The van der Waals surface area contributed by atoms with Crippen molar-refractivity contribution in [3.63, 3.8) is 0 Å². The van der Waals surface area contributed by atoms with Crippen LogP contribution in [0.5, 0.6) is 0 Å². The van der Waals surface area contributed by atoms with Crippen LogP contribution in [0.4, 0.5) is 0 Å². The molecule has 2 unspecified atom stereocenters. The molecule has 0 aromatic heterocycles. The van der Waals surface area contributed by atoms with Gasteiger partial charge >= 0.3 is 11.9 Å². The summed E-state index contributed by atoms with van der Waals surface area (Å²) >= 11 is 0. The van der Waals surface area contributed by atoms with Crippen LogP contribution in [0, 0.1) is 11.8 Å². The first-order valence-corrected chi connectivity index (χ1v) is 3.89. The molecule has 13 heavy (non-hydrogen) atoms. The van der Waals surface area contributed by atoms with E-state index in [-0.39, 0.29) is 12.8 Å². The number of carbonyl (C=O) groups excluding carboxylic acids is 1. The lowest BCUT2D eigenvalue weighted by Gasteiger charge is -2.13. The second-order valence-corrected chi connectivity index (χ2v) is 2.87. The molecule has 2 atom stereocenters. The van der Waals surface area contributed by atoms with Crippen molar-refractivity contribution in [1.29, 1.82) is 0 Å². The Kier molecular flexibility index (Phi) is 4.72. The van der Waals surface area contributed by atoms with Gasteiger partial charge in [0, 0.05) is 12.3 Å². The molecule has 0 saturated carbocycles. The molecule has 5 nitrogen and oxygen atoms in total. The van der Waals surface area contributed by atoms with Gasteiger partial charge in [0.05, 0.1) is 5.92 Å². The van der Waals surface area contributed by atoms with E-state index in [0.29, 0.717) is 6.29 Å². The summed E-state index contributed by atoms with van der Waals surface area (Å²) in [6.45, 7) is 1.47. The van der Waals surface area contributed by atoms with E-state index in [1.54, 1.807) is 0 Å². The van der Waals surface area contributed by atoms with Crippen molar-refractivity contribution in [2.24, 2.45) is 11.8 Å². The fourth-order valence-corrected chi connectivity index (χ4v) is 0.985. The fourth-order valence-electron chi connectivity index (χ4n) is 0.985. The monoisotopic (exact) mass is 188 g/mol. The lowest BCUT2D eigenvalue weighted by atomic mass is 9.91. The van der Waals surface area contributed by atoms with Gasteiger partial charge < -0.3 is 15.0 Å². The first kappa shape index (κ1) is 11.6. The summed E-state index contributed by atoms with van der Waals surface area (Å²) in [7, 11) is 0. The average Bonchev–Trinajstić information content (AvgIpc) is 2.03. The van der Waals surface area contributed by atoms with Gasteiger partial charge in [0.1, 0.15) is 6.29 Å². The van der Waals surface area contributed by atoms with Crippen LogP contribution in [0.1, 0.15) is 19.8 Å². The summed E-state index contributed by atoms with van der Waals surface area (Å²) in [5, 5.41) is 17.0. The standard InChI is InChI=1S/C8H12O5/c1-5(4-9)6(8(12)13)2-3-7(10)11/h4-6H,2-3H2,1H3,(H,10,11)(H,12,13). The second-order valence-electron chi connectivity index (χ2n) is 2.87. The van der Waals surface area contributed by atoms with Crippen LogP contribution >= 0.6 is 0 Å². The predicted molar refractivity (Wildman–Crippen MR) is 43.2 cm³/mol. The van der Waals surface area contributed by atoms with Gasteiger partial charge in [-0.1, -0.05) is 6.92 Å². The Hall–Kier alpha value is -1.39.